The Hall–Kier alpha value is -2.75. The van der Waals surface area contributed by atoms with Gasteiger partial charge in [-0.15, -0.1) is 0 Å². The molecule has 0 bridgehead atoms. The van der Waals surface area contributed by atoms with Crippen LogP contribution >= 0.6 is 0 Å². The van der Waals surface area contributed by atoms with E-state index < -0.39 is 0 Å². The molecule has 0 spiro atoms. The number of fused-ring (bicyclic) bond motifs is 1. The second-order valence-corrected chi connectivity index (χ2v) is 6.62. The number of benzene rings is 2. The van der Waals surface area contributed by atoms with Gasteiger partial charge < -0.3 is 14.5 Å². The molecule has 0 amide bonds. The average molecular weight is 365 g/mol. The number of hydrogen-bond donors (Lipinski definition) is 1. The molecule has 27 heavy (non-hydrogen) atoms. The quantitative estimate of drug-likeness (QED) is 0.549. The summed E-state index contributed by atoms with van der Waals surface area (Å²) >= 11 is 0. The van der Waals surface area contributed by atoms with E-state index in [1.807, 2.05) is 49.4 Å². The summed E-state index contributed by atoms with van der Waals surface area (Å²) in [5.74, 6) is 1.66. The molecule has 0 saturated heterocycles. The molecule has 3 rings (SSSR count). The van der Waals surface area contributed by atoms with E-state index in [0.717, 1.165) is 59.2 Å². The Morgan fingerprint density at radius 3 is 2.48 bits per heavy atom. The fourth-order valence-corrected chi connectivity index (χ4v) is 3.12. The lowest BCUT2D eigenvalue weighted by Gasteiger charge is -2.14. The van der Waals surface area contributed by atoms with Gasteiger partial charge in [-0.05, 0) is 43.0 Å². The number of unbranched alkanes of at least 4 members (excludes halogenated alkanes) is 1. The highest BCUT2D eigenvalue weighted by atomic mass is 16.5. The summed E-state index contributed by atoms with van der Waals surface area (Å²) in [5.41, 5.74) is 2.83. The number of pyridine rings is 1. The van der Waals surface area contributed by atoms with Crippen LogP contribution in [0.2, 0.25) is 0 Å². The number of rotatable bonds is 9. The van der Waals surface area contributed by atoms with Crippen LogP contribution < -0.4 is 14.9 Å². The molecule has 1 N–H and O–H groups in total. The molecule has 0 aliphatic carbocycles. The number of hydrogen-bond acceptors (Lipinski definition) is 3. The first-order valence-electron chi connectivity index (χ1n) is 9.70. The normalized spacial score (nSPS) is 10.9. The fourth-order valence-electron chi connectivity index (χ4n) is 3.12. The molecule has 1 heterocycles. The van der Waals surface area contributed by atoms with E-state index in [-0.39, 0.29) is 5.43 Å². The third-order valence-corrected chi connectivity index (χ3v) is 4.67. The molecular formula is C23H27NO3. The van der Waals surface area contributed by atoms with Crippen LogP contribution in [0.25, 0.3) is 10.9 Å². The first-order valence-corrected chi connectivity index (χ1v) is 9.70. The van der Waals surface area contributed by atoms with Crippen LogP contribution in [0.4, 0.5) is 0 Å². The van der Waals surface area contributed by atoms with E-state index in [2.05, 4.69) is 11.9 Å². The predicted octanol–water partition coefficient (Wildman–Crippen LogP) is 4.89. The number of ether oxygens (including phenoxy) is 2. The van der Waals surface area contributed by atoms with Gasteiger partial charge in [0.15, 0.2) is 5.43 Å². The van der Waals surface area contributed by atoms with Crippen molar-refractivity contribution >= 4 is 10.9 Å². The van der Waals surface area contributed by atoms with Gasteiger partial charge in [0, 0.05) is 23.2 Å². The Kier molecular flexibility index (Phi) is 6.53. The molecule has 0 saturated carbocycles. The number of nitrogens with one attached hydrogen (secondary N) is 1. The summed E-state index contributed by atoms with van der Waals surface area (Å²) in [7, 11) is 0. The van der Waals surface area contributed by atoms with Crippen LogP contribution in [0, 0.1) is 0 Å². The van der Waals surface area contributed by atoms with Gasteiger partial charge in [-0.3, -0.25) is 4.79 Å². The molecule has 4 nitrogen and oxygen atoms in total. The Labute approximate surface area is 160 Å². The second kappa shape index (κ2) is 9.26. The van der Waals surface area contributed by atoms with Crippen molar-refractivity contribution in [2.75, 3.05) is 13.2 Å². The largest absolute Gasteiger partial charge is 0.490 e. The molecule has 0 aliphatic rings. The third-order valence-electron chi connectivity index (χ3n) is 4.67. The lowest BCUT2D eigenvalue weighted by atomic mass is 10.0. The molecule has 0 atom stereocenters. The van der Waals surface area contributed by atoms with Gasteiger partial charge in [0.25, 0.3) is 0 Å². The maximum atomic E-state index is 12.6. The van der Waals surface area contributed by atoms with E-state index in [4.69, 9.17) is 9.47 Å². The minimum Gasteiger partial charge on any atom is -0.490 e. The van der Waals surface area contributed by atoms with Crippen LogP contribution in [0.5, 0.6) is 11.5 Å². The van der Waals surface area contributed by atoms with Gasteiger partial charge in [-0.2, -0.15) is 0 Å². The monoisotopic (exact) mass is 365 g/mol. The zero-order valence-electron chi connectivity index (χ0n) is 16.1. The second-order valence-electron chi connectivity index (χ2n) is 6.62. The summed E-state index contributed by atoms with van der Waals surface area (Å²) in [6.45, 7) is 5.09. The number of H-pyrrole nitrogens is 1. The van der Waals surface area contributed by atoms with Crippen LogP contribution in [-0.2, 0) is 12.8 Å². The number of aryl methyl sites for hydroxylation is 2. The molecule has 4 heteroatoms. The van der Waals surface area contributed by atoms with E-state index in [0.29, 0.717) is 13.2 Å². The SMILES string of the molecule is CCCCc1cc2c(=O)c(CC)c[nH]c2cc1OCCOc1ccccc1. The number of aromatic amines is 1. The maximum absolute atomic E-state index is 12.6. The van der Waals surface area contributed by atoms with Crippen molar-refractivity contribution in [3.63, 3.8) is 0 Å². The Morgan fingerprint density at radius 1 is 0.963 bits per heavy atom. The van der Waals surface area contributed by atoms with Crippen molar-refractivity contribution in [2.45, 2.75) is 39.5 Å². The molecule has 142 valence electrons. The van der Waals surface area contributed by atoms with Crippen molar-refractivity contribution in [1.82, 2.24) is 4.98 Å². The molecule has 0 unspecified atom stereocenters. The summed E-state index contributed by atoms with van der Waals surface area (Å²) in [5, 5.41) is 0.744. The first-order chi connectivity index (χ1) is 13.2. The van der Waals surface area contributed by atoms with Crippen LogP contribution in [0.3, 0.4) is 0 Å². The van der Waals surface area contributed by atoms with Gasteiger partial charge in [-0.1, -0.05) is 38.5 Å². The highest BCUT2D eigenvalue weighted by Crippen LogP contribution is 2.25. The van der Waals surface area contributed by atoms with Crippen LogP contribution in [0.1, 0.15) is 37.8 Å². The van der Waals surface area contributed by atoms with Gasteiger partial charge >= 0.3 is 0 Å². The first kappa shape index (κ1) is 19.0. The lowest BCUT2D eigenvalue weighted by Crippen LogP contribution is -2.12. The average Bonchev–Trinajstić information content (AvgIpc) is 2.71. The van der Waals surface area contributed by atoms with E-state index in [1.165, 1.54) is 0 Å². The van der Waals surface area contributed by atoms with Crippen molar-refractivity contribution in [3.05, 3.63) is 70.0 Å². The van der Waals surface area contributed by atoms with E-state index in [9.17, 15) is 4.79 Å². The zero-order chi connectivity index (χ0) is 19.1. The van der Waals surface area contributed by atoms with Gasteiger partial charge in [-0.25, -0.2) is 0 Å². The molecule has 3 aromatic rings. The predicted molar refractivity (Wildman–Crippen MR) is 110 cm³/mol. The third kappa shape index (κ3) is 4.70. The molecule has 0 radical (unpaired) electrons. The van der Waals surface area contributed by atoms with Crippen LogP contribution in [-0.4, -0.2) is 18.2 Å². The molecule has 0 aliphatic heterocycles. The Morgan fingerprint density at radius 2 is 1.74 bits per heavy atom. The molecule has 0 fully saturated rings. The highest BCUT2D eigenvalue weighted by Gasteiger charge is 2.11. The minimum atomic E-state index is 0.114. The minimum absolute atomic E-state index is 0.114. The van der Waals surface area contributed by atoms with Crippen molar-refractivity contribution in [2.24, 2.45) is 0 Å². The van der Waals surface area contributed by atoms with E-state index >= 15 is 0 Å². The Balaban J connectivity index is 1.78. The highest BCUT2D eigenvalue weighted by molar-refractivity contribution is 5.81. The number of para-hydroxylation sites is 1. The topological polar surface area (TPSA) is 51.3 Å². The van der Waals surface area contributed by atoms with Gasteiger partial charge in [0.2, 0.25) is 0 Å². The van der Waals surface area contributed by atoms with Crippen molar-refractivity contribution in [1.29, 1.82) is 0 Å². The summed E-state index contributed by atoms with van der Waals surface area (Å²) < 4.78 is 11.7. The van der Waals surface area contributed by atoms with Crippen molar-refractivity contribution in [3.8, 4) is 11.5 Å². The standard InChI is InChI=1S/C23H27NO3/c1-3-5-9-18-14-20-21(24-16-17(4-2)23(20)25)15-22(18)27-13-12-26-19-10-7-6-8-11-19/h6-8,10-11,14-16H,3-5,9,12-13H2,1-2H3,(H,24,25). The Bertz CT molecular complexity index is 932. The fraction of sp³-hybridized carbons (Fsp3) is 0.348. The van der Waals surface area contributed by atoms with Gasteiger partial charge in [0.1, 0.15) is 24.7 Å². The maximum Gasteiger partial charge on any atom is 0.192 e. The molecule has 2 aromatic carbocycles. The summed E-state index contributed by atoms with van der Waals surface area (Å²) in [4.78, 5) is 15.9. The number of aromatic nitrogens is 1. The molecular weight excluding hydrogens is 338 g/mol. The zero-order valence-corrected chi connectivity index (χ0v) is 16.1. The molecule has 1 aromatic heterocycles. The van der Waals surface area contributed by atoms with Crippen molar-refractivity contribution < 1.29 is 9.47 Å². The summed E-state index contributed by atoms with van der Waals surface area (Å²) in [6.07, 6.45) is 5.59. The smallest absolute Gasteiger partial charge is 0.192 e. The van der Waals surface area contributed by atoms with Crippen LogP contribution in [0.15, 0.2) is 53.5 Å². The van der Waals surface area contributed by atoms with Gasteiger partial charge in [0.05, 0.1) is 5.52 Å². The summed E-state index contributed by atoms with van der Waals surface area (Å²) in [6, 6.07) is 13.7. The van der Waals surface area contributed by atoms with E-state index in [1.54, 1.807) is 6.20 Å². The lowest BCUT2D eigenvalue weighted by molar-refractivity contribution is 0.216.